The van der Waals surface area contributed by atoms with E-state index in [0.29, 0.717) is 12.1 Å². The summed E-state index contributed by atoms with van der Waals surface area (Å²) in [5.41, 5.74) is 8.69. The first-order chi connectivity index (χ1) is 10.1. The monoisotopic (exact) mass is 280 g/mol. The van der Waals surface area contributed by atoms with Crippen LogP contribution in [0.5, 0.6) is 0 Å². The number of para-hydroxylation sites is 1. The molecule has 2 aromatic carbocycles. The summed E-state index contributed by atoms with van der Waals surface area (Å²) >= 11 is 0. The number of amides is 1. The van der Waals surface area contributed by atoms with Crippen LogP contribution in [0.25, 0.3) is 10.9 Å². The minimum atomic E-state index is -0.429. The van der Waals surface area contributed by atoms with E-state index in [2.05, 4.69) is 16.5 Å². The third kappa shape index (κ3) is 2.58. The van der Waals surface area contributed by atoms with Crippen LogP contribution in [-0.2, 0) is 13.6 Å². The normalized spacial score (nSPS) is 10.7. The third-order valence-corrected chi connectivity index (χ3v) is 3.44. The van der Waals surface area contributed by atoms with Gasteiger partial charge in [-0.2, -0.15) is 5.10 Å². The molecule has 0 radical (unpaired) electrons. The Morgan fingerprint density at radius 1 is 1.24 bits per heavy atom. The van der Waals surface area contributed by atoms with Gasteiger partial charge in [0.25, 0.3) is 0 Å². The molecule has 106 valence electrons. The molecule has 3 N–H and O–H groups in total. The second kappa shape index (κ2) is 5.28. The molecule has 0 aliphatic heterocycles. The van der Waals surface area contributed by atoms with Gasteiger partial charge >= 0.3 is 0 Å². The van der Waals surface area contributed by atoms with Gasteiger partial charge < -0.3 is 11.1 Å². The highest BCUT2D eigenvalue weighted by Gasteiger charge is 2.08. The zero-order valence-corrected chi connectivity index (χ0v) is 11.7. The van der Waals surface area contributed by atoms with Crippen molar-refractivity contribution in [1.82, 2.24) is 9.78 Å². The minimum Gasteiger partial charge on any atom is -0.379 e. The number of benzene rings is 2. The van der Waals surface area contributed by atoms with E-state index < -0.39 is 5.91 Å². The Bertz CT molecular complexity index is 807. The largest absolute Gasteiger partial charge is 0.379 e. The van der Waals surface area contributed by atoms with Crippen molar-refractivity contribution < 1.29 is 4.79 Å². The van der Waals surface area contributed by atoms with Crippen molar-refractivity contribution in [1.29, 1.82) is 0 Å². The fraction of sp³-hybridized carbons (Fsp3) is 0.125. The van der Waals surface area contributed by atoms with Gasteiger partial charge in [0.2, 0.25) is 5.91 Å². The molecule has 5 heteroatoms. The van der Waals surface area contributed by atoms with Crippen molar-refractivity contribution in [2.24, 2.45) is 12.8 Å². The van der Waals surface area contributed by atoms with Gasteiger partial charge in [0.05, 0.1) is 17.8 Å². The lowest BCUT2D eigenvalue weighted by Crippen LogP contribution is -2.11. The quantitative estimate of drug-likeness (QED) is 0.770. The number of nitrogens with two attached hydrogens (primary N) is 1. The molecule has 1 amide bonds. The number of aryl methyl sites for hydroxylation is 1. The Hall–Kier alpha value is -2.82. The van der Waals surface area contributed by atoms with Crippen LogP contribution < -0.4 is 11.1 Å². The second-order valence-electron chi connectivity index (χ2n) is 4.89. The summed E-state index contributed by atoms with van der Waals surface area (Å²) in [6, 6.07) is 15.2. The fourth-order valence-electron chi connectivity index (χ4n) is 2.39. The van der Waals surface area contributed by atoms with Crippen LogP contribution in [0.15, 0.2) is 48.5 Å². The maximum absolute atomic E-state index is 11.2. The van der Waals surface area contributed by atoms with Gasteiger partial charge in [-0.15, -0.1) is 0 Å². The second-order valence-corrected chi connectivity index (χ2v) is 4.89. The highest BCUT2D eigenvalue weighted by molar-refractivity contribution is 5.93. The first kappa shape index (κ1) is 13.2. The van der Waals surface area contributed by atoms with Crippen molar-refractivity contribution in [3.05, 3.63) is 59.8 Å². The molecule has 0 atom stereocenters. The van der Waals surface area contributed by atoms with Gasteiger partial charge in [-0.05, 0) is 24.3 Å². The maximum Gasteiger partial charge on any atom is 0.248 e. The van der Waals surface area contributed by atoms with Crippen molar-refractivity contribution in [2.45, 2.75) is 6.54 Å². The van der Waals surface area contributed by atoms with Crippen LogP contribution in [0, 0.1) is 0 Å². The Kier molecular flexibility index (Phi) is 3.31. The molecule has 21 heavy (non-hydrogen) atoms. The van der Waals surface area contributed by atoms with Crippen LogP contribution in [-0.4, -0.2) is 15.7 Å². The molecule has 0 aliphatic carbocycles. The summed E-state index contributed by atoms with van der Waals surface area (Å²) < 4.78 is 1.87. The predicted molar refractivity (Wildman–Crippen MR) is 83.0 cm³/mol. The molecule has 3 rings (SSSR count). The number of aromatic nitrogens is 2. The number of nitrogens with zero attached hydrogens (tertiary/aromatic N) is 2. The Balaban J connectivity index is 1.84. The molecule has 1 heterocycles. The molecule has 0 unspecified atom stereocenters. The Morgan fingerprint density at radius 3 is 2.86 bits per heavy atom. The fourth-order valence-corrected chi connectivity index (χ4v) is 2.39. The highest BCUT2D eigenvalue weighted by atomic mass is 16.1. The lowest BCUT2D eigenvalue weighted by molar-refractivity contribution is 0.100. The predicted octanol–water partition coefficient (Wildman–Crippen LogP) is 2.28. The number of carbonyl (C=O) groups is 1. The standard InChI is InChI=1S/C16H16N4O/c1-20-15-8-3-2-7-13(15)14(19-20)10-18-12-6-4-5-11(9-12)16(17)21/h2-9,18H,10H2,1H3,(H2,17,21). The van der Waals surface area contributed by atoms with Crippen molar-refractivity contribution >= 4 is 22.5 Å². The average molecular weight is 280 g/mol. The van der Waals surface area contributed by atoms with E-state index in [9.17, 15) is 4.79 Å². The topological polar surface area (TPSA) is 72.9 Å². The molecular weight excluding hydrogens is 264 g/mol. The SMILES string of the molecule is Cn1nc(CNc2cccc(C(N)=O)c2)c2ccccc21. The van der Waals surface area contributed by atoms with Crippen molar-refractivity contribution in [3.63, 3.8) is 0 Å². The molecule has 0 saturated carbocycles. The molecule has 0 spiro atoms. The van der Waals surface area contributed by atoms with Crippen molar-refractivity contribution in [2.75, 3.05) is 5.32 Å². The van der Waals surface area contributed by atoms with E-state index in [1.807, 2.05) is 36.0 Å². The summed E-state index contributed by atoms with van der Waals surface area (Å²) in [6.07, 6.45) is 0. The number of anilines is 1. The Labute approximate surface area is 122 Å². The summed E-state index contributed by atoms with van der Waals surface area (Å²) in [5, 5.41) is 8.93. The summed E-state index contributed by atoms with van der Waals surface area (Å²) in [4.78, 5) is 11.2. The molecular formula is C16H16N4O. The molecule has 0 aliphatic rings. The van der Waals surface area contributed by atoms with E-state index in [1.54, 1.807) is 18.2 Å². The van der Waals surface area contributed by atoms with Gasteiger partial charge in [-0.1, -0.05) is 24.3 Å². The molecule has 3 aromatic rings. The first-order valence-electron chi connectivity index (χ1n) is 6.69. The van der Waals surface area contributed by atoms with Gasteiger partial charge in [0.15, 0.2) is 0 Å². The zero-order chi connectivity index (χ0) is 14.8. The lowest BCUT2D eigenvalue weighted by atomic mass is 10.2. The highest BCUT2D eigenvalue weighted by Crippen LogP contribution is 2.19. The number of hydrogen-bond acceptors (Lipinski definition) is 3. The number of nitrogens with one attached hydrogen (secondary N) is 1. The summed E-state index contributed by atoms with van der Waals surface area (Å²) in [5.74, 6) is -0.429. The van der Waals surface area contributed by atoms with E-state index in [1.165, 1.54) is 0 Å². The number of fused-ring (bicyclic) bond motifs is 1. The molecule has 5 nitrogen and oxygen atoms in total. The van der Waals surface area contributed by atoms with Gasteiger partial charge in [-0.3, -0.25) is 9.48 Å². The number of carbonyl (C=O) groups excluding carboxylic acids is 1. The van der Waals surface area contributed by atoms with Gasteiger partial charge in [0.1, 0.15) is 0 Å². The molecule has 0 saturated heterocycles. The molecule has 0 bridgehead atoms. The number of rotatable bonds is 4. The van der Waals surface area contributed by atoms with E-state index in [-0.39, 0.29) is 0 Å². The van der Waals surface area contributed by atoms with Gasteiger partial charge in [0, 0.05) is 23.7 Å². The summed E-state index contributed by atoms with van der Waals surface area (Å²) in [6.45, 7) is 0.587. The smallest absolute Gasteiger partial charge is 0.248 e. The minimum absolute atomic E-state index is 0.429. The molecule has 0 fully saturated rings. The summed E-state index contributed by atoms with van der Waals surface area (Å²) in [7, 11) is 1.93. The van der Waals surface area contributed by atoms with Crippen LogP contribution in [0.1, 0.15) is 16.1 Å². The van der Waals surface area contributed by atoms with E-state index in [0.717, 1.165) is 22.3 Å². The van der Waals surface area contributed by atoms with E-state index in [4.69, 9.17) is 5.73 Å². The third-order valence-electron chi connectivity index (χ3n) is 3.44. The van der Waals surface area contributed by atoms with Crippen molar-refractivity contribution in [3.8, 4) is 0 Å². The average Bonchev–Trinajstić information content (AvgIpc) is 2.82. The first-order valence-corrected chi connectivity index (χ1v) is 6.69. The van der Waals surface area contributed by atoms with Crippen LogP contribution in [0.3, 0.4) is 0 Å². The molecule has 1 aromatic heterocycles. The van der Waals surface area contributed by atoms with Crippen LogP contribution in [0.2, 0.25) is 0 Å². The van der Waals surface area contributed by atoms with Crippen LogP contribution >= 0.6 is 0 Å². The number of hydrogen-bond donors (Lipinski definition) is 2. The van der Waals surface area contributed by atoms with Crippen LogP contribution in [0.4, 0.5) is 5.69 Å². The maximum atomic E-state index is 11.2. The van der Waals surface area contributed by atoms with Gasteiger partial charge in [-0.25, -0.2) is 0 Å². The zero-order valence-electron chi connectivity index (χ0n) is 11.7. The van der Waals surface area contributed by atoms with E-state index >= 15 is 0 Å². The Morgan fingerprint density at radius 2 is 2.05 bits per heavy atom. The number of primary amides is 1. The lowest BCUT2D eigenvalue weighted by Gasteiger charge is -2.06.